The van der Waals surface area contributed by atoms with Gasteiger partial charge in [0.15, 0.2) is 0 Å². The molecule has 0 aromatic rings. The lowest BCUT2D eigenvalue weighted by atomic mass is 10.1. The number of fused-ring (bicyclic) bond motifs is 2. The van der Waals surface area contributed by atoms with E-state index in [4.69, 9.17) is 4.74 Å². The summed E-state index contributed by atoms with van der Waals surface area (Å²) in [4.78, 5) is 10.8. The quantitative estimate of drug-likeness (QED) is 0.395. The number of allylic oxidation sites excluding steroid dienone is 2. The Bertz CT molecular complexity index is 246. The number of esters is 1. The molecule has 0 aromatic heterocycles. The molecule has 0 amide bonds. The summed E-state index contributed by atoms with van der Waals surface area (Å²) in [6.07, 6.45) is 14.3. The second-order valence-electron chi connectivity index (χ2n) is 5.33. The first-order valence-electron chi connectivity index (χ1n) is 7.60. The highest BCUT2D eigenvalue weighted by Gasteiger charge is 2.25. The number of carbonyl (C=O) groups excluding carboxylic acids is 1. The first kappa shape index (κ1) is 15.3. The molecular weight excluding hydrogens is 224 g/mol. The fraction of sp³-hybridized carbons (Fsp3) is 0.812. The largest absolute Gasteiger partial charge is 0.466 e. The van der Waals surface area contributed by atoms with Crippen LogP contribution in [0.25, 0.3) is 0 Å². The van der Waals surface area contributed by atoms with Crippen molar-refractivity contribution < 1.29 is 9.53 Å². The van der Waals surface area contributed by atoms with E-state index in [1.54, 1.807) is 0 Å². The third-order valence-electron chi connectivity index (χ3n) is 3.71. The second-order valence-corrected chi connectivity index (χ2v) is 5.33. The van der Waals surface area contributed by atoms with Crippen LogP contribution >= 0.6 is 0 Å². The van der Waals surface area contributed by atoms with Crippen molar-refractivity contribution in [1.29, 1.82) is 0 Å². The molecule has 2 heteroatoms. The summed E-state index contributed by atoms with van der Waals surface area (Å²) in [5.74, 6) is 1.93. The molecule has 18 heavy (non-hydrogen) atoms. The molecule has 0 heterocycles. The summed E-state index contributed by atoms with van der Waals surface area (Å²) in [5.41, 5.74) is 0. The highest BCUT2D eigenvalue weighted by atomic mass is 16.5. The molecule has 0 aliphatic heterocycles. The van der Waals surface area contributed by atoms with Crippen LogP contribution in [0.2, 0.25) is 0 Å². The highest BCUT2D eigenvalue weighted by molar-refractivity contribution is 5.69. The topological polar surface area (TPSA) is 26.3 Å². The lowest BCUT2D eigenvalue weighted by Crippen LogP contribution is -2.02. The van der Waals surface area contributed by atoms with Gasteiger partial charge in [-0.25, -0.2) is 0 Å². The van der Waals surface area contributed by atoms with E-state index >= 15 is 0 Å². The zero-order valence-electron chi connectivity index (χ0n) is 12.0. The van der Waals surface area contributed by atoms with E-state index in [-0.39, 0.29) is 5.97 Å². The number of unbranched alkanes of at least 4 members (excludes halogenated alkanes) is 3. The van der Waals surface area contributed by atoms with Gasteiger partial charge in [0.1, 0.15) is 0 Å². The van der Waals surface area contributed by atoms with Crippen molar-refractivity contribution in [2.45, 2.75) is 65.2 Å². The van der Waals surface area contributed by atoms with E-state index in [0.717, 1.165) is 24.7 Å². The first-order chi connectivity index (χ1) is 8.76. The summed E-state index contributed by atoms with van der Waals surface area (Å²) < 4.78 is 4.78. The highest BCUT2D eigenvalue weighted by Crippen LogP contribution is 2.38. The summed E-state index contributed by atoms with van der Waals surface area (Å²) >= 11 is 0. The van der Waals surface area contributed by atoms with Crippen molar-refractivity contribution >= 4 is 5.97 Å². The van der Waals surface area contributed by atoms with Crippen LogP contribution in [0.3, 0.4) is 0 Å². The van der Waals surface area contributed by atoms with Crippen molar-refractivity contribution in [3.8, 4) is 0 Å². The monoisotopic (exact) mass is 252 g/mol. The molecular formula is C16H28O2. The Morgan fingerprint density at radius 1 is 1.11 bits per heavy atom. The van der Waals surface area contributed by atoms with Gasteiger partial charge in [-0.2, -0.15) is 0 Å². The van der Waals surface area contributed by atoms with Crippen LogP contribution in [0.1, 0.15) is 65.2 Å². The van der Waals surface area contributed by atoms with E-state index in [2.05, 4.69) is 19.1 Å². The SMILES string of the molecule is C1=CC2CCC1C2.CCCCCCC(=O)OCC. The van der Waals surface area contributed by atoms with Gasteiger partial charge in [0.05, 0.1) is 6.61 Å². The first-order valence-corrected chi connectivity index (χ1v) is 7.60. The van der Waals surface area contributed by atoms with Gasteiger partial charge in [-0.3, -0.25) is 4.79 Å². The van der Waals surface area contributed by atoms with Crippen molar-refractivity contribution in [3.63, 3.8) is 0 Å². The fourth-order valence-electron chi connectivity index (χ4n) is 2.65. The summed E-state index contributed by atoms with van der Waals surface area (Å²) in [5, 5.41) is 0. The third kappa shape index (κ3) is 6.23. The minimum Gasteiger partial charge on any atom is -0.466 e. The van der Waals surface area contributed by atoms with Gasteiger partial charge in [0, 0.05) is 6.42 Å². The number of carbonyl (C=O) groups is 1. The molecule has 0 saturated heterocycles. The van der Waals surface area contributed by atoms with Gasteiger partial charge in [-0.1, -0.05) is 38.3 Å². The van der Waals surface area contributed by atoms with Gasteiger partial charge in [0.2, 0.25) is 0 Å². The summed E-state index contributed by atoms with van der Waals surface area (Å²) in [6, 6.07) is 0. The normalized spacial score (nSPS) is 23.7. The van der Waals surface area contributed by atoms with Crippen molar-refractivity contribution in [3.05, 3.63) is 12.2 Å². The fourth-order valence-corrected chi connectivity index (χ4v) is 2.65. The number of ether oxygens (including phenoxy) is 1. The Labute approximate surface area is 112 Å². The molecule has 1 fully saturated rings. The van der Waals surface area contributed by atoms with Gasteiger partial charge in [-0.15, -0.1) is 0 Å². The van der Waals surface area contributed by atoms with Gasteiger partial charge in [0.25, 0.3) is 0 Å². The average molecular weight is 252 g/mol. The van der Waals surface area contributed by atoms with Crippen LogP contribution in [0.15, 0.2) is 12.2 Å². The van der Waals surface area contributed by atoms with Crippen molar-refractivity contribution in [2.75, 3.05) is 6.61 Å². The maximum Gasteiger partial charge on any atom is 0.305 e. The van der Waals surface area contributed by atoms with Crippen molar-refractivity contribution in [2.24, 2.45) is 11.8 Å². The molecule has 1 saturated carbocycles. The maximum atomic E-state index is 10.8. The molecule has 0 N–H and O–H groups in total. The molecule has 0 radical (unpaired) electrons. The number of hydrogen-bond acceptors (Lipinski definition) is 2. The second kappa shape index (κ2) is 9.18. The average Bonchev–Trinajstić information content (AvgIpc) is 3.00. The molecule has 2 nitrogen and oxygen atoms in total. The molecule has 2 atom stereocenters. The molecule has 2 rings (SSSR count). The minimum atomic E-state index is -0.0522. The predicted molar refractivity (Wildman–Crippen MR) is 75.4 cm³/mol. The van der Waals surface area contributed by atoms with Gasteiger partial charge < -0.3 is 4.74 Å². The van der Waals surface area contributed by atoms with E-state index < -0.39 is 0 Å². The molecule has 2 aliphatic rings. The molecule has 2 aliphatic carbocycles. The van der Waals surface area contributed by atoms with Crippen LogP contribution in [0.5, 0.6) is 0 Å². The lowest BCUT2D eigenvalue weighted by molar-refractivity contribution is -0.143. The van der Waals surface area contributed by atoms with E-state index in [1.165, 1.54) is 32.1 Å². The summed E-state index contributed by atoms with van der Waals surface area (Å²) in [7, 11) is 0. The molecule has 2 unspecified atom stereocenters. The smallest absolute Gasteiger partial charge is 0.305 e. The Morgan fingerprint density at radius 2 is 1.78 bits per heavy atom. The van der Waals surface area contributed by atoms with Gasteiger partial charge >= 0.3 is 5.97 Å². The summed E-state index contributed by atoms with van der Waals surface area (Å²) in [6.45, 7) is 4.50. The van der Waals surface area contributed by atoms with Crippen LogP contribution in [-0.4, -0.2) is 12.6 Å². The Balaban J connectivity index is 0.000000194. The Morgan fingerprint density at radius 3 is 2.17 bits per heavy atom. The molecule has 0 aromatic carbocycles. The zero-order chi connectivity index (χ0) is 13.2. The number of rotatable bonds is 6. The lowest BCUT2D eigenvalue weighted by Gasteiger charge is -2.00. The van der Waals surface area contributed by atoms with Crippen LogP contribution in [0.4, 0.5) is 0 Å². The number of hydrogen-bond donors (Lipinski definition) is 0. The molecule has 0 spiro atoms. The van der Waals surface area contributed by atoms with E-state index in [0.29, 0.717) is 13.0 Å². The standard InChI is InChI=1S/C9H18O2.C7H10/c1-3-5-6-7-8-9(10)11-4-2;1-2-7-4-3-6(1)5-7/h3-8H2,1-2H3;1-2,6-7H,3-5H2. The van der Waals surface area contributed by atoms with Crippen LogP contribution in [0, 0.1) is 11.8 Å². The maximum absolute atomic E-state index is 10.8. The van der Waals surface area contributed by atoms with E-state index in [9.17, 15) is 4.79 Å². The Kier molecular flexibility index (Phi) is 7.79. The van der Waals surface area contributed by atoms with Crippen LogP contribution < -0.4 is 0 Å². The minimum absolute atomic E-state index is 0.0522. The van der Waals surface area contributed by atoms with Crippen LogP contribution in [-0.2, 0) is 9.53 Å². The molecule has 2 bridgehead atoms. The zero-order valence-corrected chi connectivity index (χ0v) is 12.0. The Hall–Kier alpha value is -0.790. The van der Waals surface area contributed by atoms with Crippen molar-refractivity contribution in [1.82, 2.24) is 0 Å². The van der Waals surface area contributed by atoms with E-state index in [1.807, 2.05) is 6.92 Å². The third-order valence-corrected chi connectivity index (χ3v) is 3.71. The molecule has 104 valence electrons. The van der Waals surface area contributed by atoms with Gasteiger partial charge in [-0.05, 0) is 44.4 Å². The predicted octanol–water partition coefficient (Wildman–Crippen LogP) is 4.49.